The standard InChI is InChI=1S/C14H23ClN4S/c1-7-19-13-11(10(3)17-19)16-12(9(2)15)18(13)8-14(4,5)20-6/h9H,7-8H2,1-6H3. The van der Waals surface area contributed by atoms with Crippen LogP contribution < -0.4 is 0 Å². The third-order valence-corrected chi connectivity index (χ3v) is 5.00. The molecular weight excluding hydrogens is 292 g/mol. The van der Waals surface area contributed by atoms with Crippen LogP contribution in [0.4, 0.5) is 0 Å². The molecular formula is C14H23ClN4S. The second-order valence-corrected chi connectivity index (χ2v) is 7.88. The molecule has 0 aliphatic heterocycles. The normalized spacial score (nSPS) is 14.2. The molecule has 0 N–H and O–H groups in total. The third kappa shape index (κ3) is 2.70. The summed E-state index contributed by atoms with van der Waals surface area (Å²) in [5, 5.41) is 4.46. The second kappa shape index (κ2) is 5.60. The van der Waals surface area contributed by atoms with Crippen molar-refractivity contribution in [3.05, 3.63) is 11.5 Å². The van der Waals surface area contributed by atoms with Crippen LogP contribution in [0.1, 0.15) is 44.6 Å². The molecule has 4 nitrogen and oxygen atoms in total. The molecule has 2 aromatic heterocycles. The van der Waals surface area contributed by atoms with Gasteiger partial charge in [-0.2, -0.15) is 16.9 Å². The predicted molar refractivity (Wildman–Crippen MR) is 87.8 cm³/mol. The van der Waals surface area contributed by atoms with Crippen LogP contribution in [0.25, 0.3) is 11.2 Å². The summed E-state index contributed by atoms with van der Waals surface area (Å²) in [5.74, 6) is 0.937. The first-order valence-corrected chi connectivity index (χ1v) is 8.59. The highest BCUT2D eigenvalue weighted by Crippen LogP contribution is 2.31. The first-order chi connectivity index (χ1) is 9.30. The van der Waals surface area contributed by atoms with E-state index < -0.39 is 0 Å². The van der Waals surface area contributed by atoms with Crippen molar-refractivity contribution in [1.29, 1.82) is 0 Å². The molecule has 0 saturated carbocycles. The summed E-state index contributed by atoms with van der Waals surface area (Å²) in [6.07, 6.45) is 2.14. The number of rotatable bonds is 5. The highest BCUT2D eigenvalue weighted by Gasteiger charge is 2.25. The summed E-state index contributed by atoms with van der Waals surface area (Å²) >= 11 is 8.19. The second-order valence-electron chi connectivity index (χ2n) is 5.71. The van der Waals surface area contributed by atoms with E-state index in [1.54, 1.807) is 0 Å². The molecule has 6 heteroatoms. The molecule has 0 fully saturated rings. The minimum atomic E-state index is -0.107. The van der Waals surface area contributed by atoms with Crippen LogP contribution in [0.3, 0.4) is 0 Å². The Morgan fingerprint density at radius 3 is 2.55 bits per heavy atom. The number of hydrogen-bond acceptors (Lipinski definition) is 3. The van der Waals surface area contributed by atoms with Crippen molar-refractivity contribution in [1.82, 2.24) is 19.3 Å². The van der Waals surface area contributed by atoms with Gasteiger partial charge in [0, 0.05) is 17.8 Å². The number of alkyl halides is 1. The fourth-order valence-electron chi connectivity index (χ4n) is 2.37. The van der Waals surface area contributed by atoms with Gasteiger partial charge in [0.25, 0.3) is 0 Å². The predicted octanol–water partition coefficient (Wildman–Crippen LogP) is 4.00. The lowest BCUT2D eigenvalue weighted by molar-refractivity contribution is 0.539. The molecule has 0 spiro atoms. The Kier molecular flexibility index (Phi) is 4.40. The Morgan fingerprint density at radius 1 is 1.40 bits per heavy atom. The molecule has 2 aromatic rings. The van der Waals surface area contributed by atoms with Crippen LogP contribution in [0.15, 0.2) is 0 Å². The summed E-state index contributed by atoms with van der Waals surface area (Å²) < 4.78 is 4.40. The van der Waals surface area contributed by atoms with E-state index in [2.05, 4.69) is 36.7 Å². The quantitative estimate of drug-likeness (QED) is 0.782. The fraction of sp³-hybridized carbons (Fsp3) is 0.714. The molecule has 0 amide bonds. The Hall–Kier alpha value is -0.680. The van der Waals surface area contributed by atoms with Gasteiger partial charge in [0.05, 0.1) is 11.1 Å². The van der Waals surface area contributed by atoms with Crippen LogP contribution in [-0.2, 0) is 13.1 Å². The van der Waals surface area contributed by atoms with Crippen molar-refractivity contribution in [2.75, 3.05) is 6.26 Å². The van der Waals surface area contributed by atoms with E-state index in [9.17, 15) is 0 Å². The number of hydrogen-bond donors (Lipinski definition) is 0. The first kappa shape index (κ1) is 15.7. The fourth-order valence-corrected chi connectivity index (χ4v) is 2.79. The minimum Gasteiger partial charge on any atom is -0.310 e. The molecule has 2 heterocycles. The summed E-state index contributed by atoms with van der Waals surface area (Å²) in [6.45, 7) is 12.3. The van der Waals surface area contributed by atoms with Gasteiger partial charge in [0.1, 0.15) is 11.3 Å². The maximum absolute atomic E-state index is 6.34. The Labute approximate surface area is 129 Å². The molecule has 0 saturated heterocycles. The minimum absolute atomic E-state index is 0.107. The maximum atomic E-state index is 6.34. The van der Waals surface area contributed by atoms with Crippen molar-refractivity contribution in [2.45, 2.75) is 57.8 Å². The molecule has 0 aliphatic carbocycles. The Morgan fingerprint density at radius 2 is 2.05 bits per heavy atom. The zero-order valence-corrected chi connectivity index (χ0v) is 14.6. The summed E-state index contributed by atoms with van der Waals surface area (Å²) in [5.41, 5.74) is 3.04. The SMILES string of the molecule is CCn1nc(C)c2nc(C(C)Cl)n(CC(C)(C)SC)c21. The number of aromatic nitrogens is 4. The van der Waals surface area contributed by atoms with Gasteiger partial charge in [-0.3, -0.25) is 0 Å². The lowest BCUT2D eigenvalue weighted by atomic mass is 10.2. The highest BCUT2D eigenvalue weighted by molar-refractivity contribution is 7.99. The smallest absolute Gasteiger partial charge is 0.159 e. The van der Waals surface area contributed by atoms with Gasteiger partial charge in [-0.05, 0) is 40.9 Å². The molecule has 0 bridgehead atoms. The van der Waals surface area contributed by atoms with E-state index >= 15 is 0 Å². The molecule has 1 unspecified atom stereocenters. The number of nitrogens with zero attached hydrogens (tertiary/aromatic N) is 4. The lowest BCUT2D eigenvalue weighted by Gasteiger charge is -2.24. The number of thioether (sulfide) groups is 1. The van der Waals surface area contributed by atoms with E-state index in [-0.39, 0.29) is 10.1 Å². The largest absolute Gasteiger partial charge is 0.310 e. The molecule has 0 aliphatic rings. The van der Waals surface area contributed by atoms with Gasteiger partial charge >= 0.3 is 0 Å². The van der Waals surface area contributed by atoms with Crippen molar-refractivity contribution in [3.8, 4) is 0 Å². The third-order valence-electron chi connectivity index (χ3n) is 3.58. The summed E-state index contributed by atoms with van der Waals surface area (Å²) in [4.78, 5) is 4.74. The molecule has 1 atom stereocenters. The zero-order chi connectivity index (χ0) is 15.1. The average molecular weight is 315 g/mol. The summed E-state index contributed by atoms with van der Waals surface area (Å²) in [7, 11) is 0. The van der Waals surface area contributed by atoms with E-state index in [1.165, 1.54) is 0 Å². The van der Waals surface area contributed by atoms with Crippen molar-refractivity contribution >= 4 is 34.5 Å². The van der Waals surface area contributed by atoms with Gasteiger partial charge in [0.2, 0.25) is 0 Å². The molecule has 2 rings (SSSR count). The van der Waals surface area contributed by atoms with Crippen LogP contribution in [0, 0.1) is 6.92 Å². The van der Waals surface area contributed by atoms with Crippen LogP contribution in [0.2, 0.25) is 0 Å². The molecule has 20 heavy (non-hydrogen) atoms. The van der Waals surface area contributed by atoms with E-state index in [1.807, 2.05) is 30.3 Å². The number of aryl methyl sites for hydroxylation is 2. The van der Waals surface area contributed by atoms with Crippen molar-refractivity contribution in [3.63, 3.8) is 0 Å². The molecule has 0 aromatic carbocycles. The van der Waals surface area contributed by atoms with Gasteiger partial charge in [0.15, 0.2) is 5.65 Å². The maximum Gasteiger partial charge on any atom is 0.159 e. The monoisotopic (exact) mass is 314 g/mol. The number of fused-ring (bicyclic) bond motifs is 1. The zero-order valence-electron chi connectivity index (χ0n) is 13.1. The van der Waals surface area contributed by atoms with E-state index in [4.69, 9.17) is 16.6 Å². The number of imidazole rings is 1. The van der Waals surface area contributed by atoms with Gasteiger partial charge in [-0.25, -0.2) is 9.67 Å². The van der Waals surface area contributed by atoms with E-state index in [0.717, 1.165) is 35.8 Å². The molecule has 112 valence electrons. The van der Waals surface area contributed by atoms with Gasteiger partial charge in [-0.15, -0.1) is 11.6 Å². The lowest BCUT2D eigenvalue weighted by Crippen LogP contribution is -2.24. The van der Waals surface area contributed by atoms with Crippen LogP contribution in [0.5, 0.6) is 0 Å². The average Bonchev–Trinajstić information content (AvgIpc) is 2.88. The Balaban J connectivity index is 2.67. The van der Waals surface area contributed by atoms with Crippen molar-refractivity contribution in [2.24, 2.45) is 0 Å². The highest BCUT2D eigenvalue weighted by atomic mass is 35.5. The van der Waals surface area contributed by atoms with Crippen LogP contribution in [-0.4, -0.2) is 30.3 Å². The summed E-state index contributed by atoms with van der Waals surface area (Å²) in [6, 6.07) is 0. The number of halogens is 1. The van der Waals surface area contributed by atoms with Crippen LogP contribution >= 0.6 is 23.4 Å². The van der Waals surface area contributed by atoms with E-state index in [0.29, 0.717) is 0 Å². The first-order valence-electron chi connectivity index (χ1n) is 6.93. The van der Waals surface area contributed by atoms with Crippen molar-refractivity contribution < 1.29 is 0 Å². The van der Waals surface area contributed by atoms with Gasteiger partial charge < -0.3 is 4.57 Å². The molecule has 0 radical (unpaired) electrons. The van der Waals surface area contributed by atoms with Gasteiger partial charge in [-0.1, -0.05) is 0 Å². The Bertz CT molecular complexity index is 612. The topological polar surface area (TPSA) is 35.6 Å².